The lowest BCUT2D eigenvalue weighted by molar-refractivity contribution is 0.408. The number of hydrazone groups is 1. The van der Waals surface area contributed by atoms with E-state index in [0.717, 1.165) is 25.0 Å². The summed E-state index contributed by atoms with van der Waals surface area (Å²) in [4.78, 5) is 2.60. The first kappa shape index (κ1) is 14.1. The molecule has 1 aromatic carbocycles. The minimum atomic E-state index is -3.55. The first-order valence-corrected chi connectivity index (χ1v) is 8.04. The summed E-state index contributed by atoms with van der Waals surface area (Å²) in [5.74, 6) is 0. The van der Waals surface area contributed by atoms with Crippen molar-refractivity contribution >= 4 is 15.7 Å². The predicted molar refractivity (Wildman–Crippen MR) is 76.4 cm³/mol. The molecular weight excluding hydrogens is 260 g/mol. The first-order chi connectivity index (χ1) is 8.92. The van der Waals surface area contributed by atoms with Crippen LogP contribution in [-0.2, 0) is 10.0 Å². The maximum absolute atomic E-state index is 12.1. The van der Waals surface area contributed by atoms with Crippen LogP contribution in [-0.4, -0.2) is 14.1 Å². The van der Waals surface area contributed by atoms with Crippen molar-refractivity contribution in [3.8, 4) is 0 Å². The molecule has 0 bridgehead atoms. The number of benzene rings is 1. The van der Waals surface area contributed by atoms with Gasteiger partial charge in [-0.05, 0) is 31.4 Å². The van der Waals surface area contributed by atoms with Crippen LogP contribution in [0.25, 0.3) is 0 Å². The molecule has 1 aliphatic rings. The van der Waals surface area contributed by atoms with Gasteiger partial charge in [0.2, 0.25) is 0 Å². The molecule has 0 spiro atoms. The molecule has 5 heteroatoms. The fourth-order valence-corrected chi connectivity index (χ4v) is 3.17. The molecule has 0 saturated heterocycles. The average Bonchev–Trinajstić information content (AvgIpc) is 2.38. The Kier molecular flexibility index (Phi) is 3.94. The quantitative estimate of drug-likeness (QED) is 0.865. The third kappa shape index (κ3) is 3.35. The molecule has 2 rings (SSSR count). The monoisotopic (exact) mass is 280 g/mol. The standard InChI is InChI=1S/C14H20N2O2S/c1-14(2)11-7-6-10-13(14)15-16-19(17,18)12-8-4-3-5-9-12/h3-5,8-9,16H,6-7,10-11H2,1-2H3/b15-13+. The van der Waals surface area contributed by atoms with Gasteiger partial charge in [0.15, 0.2) is 0 Å². The van der Waals surface area contributed by atoms with Gasteiger partial charge in [-0.15, -0.1) is 0 Å². The Morgan fingerprint density at radius 2 is 1.84 bits per heavy atom. The molecular formula is C14H20N2O2S. The van der Waals surface area contributed by atoms with Crippen molar-refractivity contribution in [3.63, 3.8) is 0 Å². The summed E-state index contributed by atoms with van der Waals surface area (Å²) >= 11 is 0. The van der Waals surface area contributed by atoms with Crippen molar-refractivity contribution in [1.29, 1.82) is 0 Å². The summed E-state index contributed by atoms with van der Waals surface area (Å²) < 4.78 is 24.1. The second kappa shape index (κ2) is 5.33. The topological polar surface area (TPSA) is 58.5 Å². The highest BCUT2D eigenvalue weighted by molar-refractivity contribution is 7.89. The number of hydrogen-bond acceptors (Lipinski definition) is 3. The Bertz CT molecular complexity index is 562. The van der Waals surface area contributed by atoms with Gasteiger partial charge in [0, 0.05) is 11.1 Å². The fraction of sp³-hybridized carbons (Fsp3) is 0.500. The number of hydrogen-bond donors (Lipinski definition) is 1. The zero-order valence-corrected chi connectivity index (χ0v) is 12.2. The van der Waals surface area contributed by atoms with Gasteiger partial charge in [-0.1, -0.05) is 38.5 Å². The lowest BCUT2D eigenvalue weighted by Crippen LogP contribution is -2.31. The Balaban J connectivity index is 2.18. The van der Waals surface area contributed by atoms with Crippen LogP contribution in [0.3, 0.4) is 0 Å². The van der Waals surface area contributed by atoms with E-state index < -0.39 is 10.0 Å². The van der Waals surface area contributed by atoms with E-state index in [-0.39, 0.29) is 10.3 Å². The van der Waals surface area contributed by atoms with E-state index in [2.05, 4.69) is 23.8 Å². The summed E-state index contributed by atoms with van der Waals surface area (Å²) in [5, 5.41) is 4.16. The second-order valence-electron chi connectivity index (χ2n) is 5.56. The number of nitrogens with one attached hydrogen (secondary N) is 1. The molecule has 0 atom stereocenters. The van der Waals surface area contributed by atoms with Crippen molar-refractivity contribution in [2.75, 3.05) is 0 Å². The number of nitrogens with zero attached hydrogens (tertiary/aromatic N) is 1. The Morgan fingerprint density at radius 1 is 1.16 bits per heavy atom. The zero-order chi connectivity index (χ0) is 13.9. The molecule has 4 nitrogen and oxygen atoms in total. The molecule has 1 saturated carbocycles. The molecule has 19 heavy (non-hydrogen) atoms. The van der Waals surface area contributed by atoms with Crippen LogP contribution in [0.5, 0.6) is 0 Å². The molecule has 0 amide bonds. The molecule has 0 heterocycles. The largest absolute Gasteiger partial charge is 0.276 e. The maximum atomic E-state index is 12.1. The normalized spacial score (nSPS) is 21.3. The van der Waals surface area contributed by atoms with Crippen molar-refractivity contribution in [2.45, 2.75) is 44.4 Å². The molecule has 104 valence electrons. The highest BCUT2D eigenvalue weighted by atomic mass is 32.2. The molecule has 1 N–H and O–H groups in total. The maximum Gasteiger partial charge on any atom is 0.276 e. The lowest BCUT2D eigenvalue weighted by Gasteiger charge is -2.31. The Hall–Kier alpha value is -1.36. The van der Waals surface area contributed by atoms with Crippen LogP contribution in [0.15, 0.2) is 40.3 Å². The van der Waals surface area contributed by atoms with E-state index in [1.807, 2.05) is 0 Å². The summed E-state index contributed by atoms with van der Waals surface area (Å²) in [6, 6.07) is 8.32. The van der Waals surface area contributed by atoms with Gasteiger partial charge < -0.3 is 0 Å². The highest BCUT2D eigenvalue weighted by Gasteiger charge is 2.28. The smallest absolute Gasteiger partial charge is 0.200 e. The fourth-order valence-electron chi connectivity index (χ4n) is 2.32. The number of sulfonamides is 1. The third-order valence-electron chi connectivity index (χ3n) is 3.60. The molecule has 1 fully saturated rings. The van der Waals surface area contributed by atoms with Crippen molar-refractivity contribution in [1.82, 2.24) is 4.83 Å². The van der Waals surface area contributed by atoms with E-state index in [1.165, 1.54) is 6.42 Å². The average molecular weight is 280 g/mol. The van der Waals surface area contributed by atoms with Gasteiger partial charge in [-0.2, -0.15) is 13.5 Å². The van der Waals surface area contributed by atoms with Gasteiger partial charge in [-0.3, -0.25) is 0 Å². The zero-order valence-electron chi connectivity index (χ0n) is 11.4. The molecule has 0 radical (unpaired) electrons. The van der Waals surface area contributed by atoms with Crippen LogP contribution >= 0.6 is 0 Å². The molecule has 0 aliphatic heterocycles. The Labute approximate surface area is 115 Å². The van der Waals surface area contributed by atoms with Crippen molar-refractivity contribution in [2.24, 2.45) is 10.5 Å². The number of rotatable bonds is 3. The van der Waals surface area contributed by atoms with E-state index >= 15 is 0 Å². The highest BCUT2D eigenvalue weighted by Crippen LogP contribution is 2.32. The van der Waals surface area contributed by atoms with Gasteiger partial charge in [0.25, 0.3) is 10.0 Å². The van der Waals surface area contributed by atoms with Crippen LogP contribution in [0.4, 0.5) is 0 Å². The van der Waals surface area contributed by atoms with Crippen LogP contribution in [0.1, 0.15) is 39.5 Å². The molecule has 1 aromatic rings. The van der Waals surface area contributed by atoms with Gasteiger partial charge in [0.1, 0.15) is 0 Å². The van der Waals surface area contributed by atoms with E-state index in [1.54, 1.807) is 30.3 Å². The van der Waals surface area contributed by atoms with Crippen molar-refractivity contribution in [3.05, 3.63) is 30.3 Å². The van der Waals surface area contributed by atoms with Crippen LogP contribution in [0.2, 0.25) is 0 Å². The van der Waals surface area contributed by atoms with E-state index in [9.17, 15) is 8.42 Å². The molecule has 1 aliphatic carbocycles. The minimum absolute atomic E-state index is 0.0164. The second-order valence-corrected chi connectivity index (χ2v) is 7.22. The van der Waals surface area contributed by atoms with Crippen molar-refractivity contribution < 1.29 is 8.42 Å². The summed E-state index contributed by atoms with van der Waals surface area (Å²) in [6.07, 6.45) is 4.18. The van der Waals surface area contributed by atoms with Gasteiger partial charge >= 0.3 is 0 Å². The molecule has 0 aromatic heterocycles. The Morgan fingerprint density at radius 3 is 2.47 bits per heavy atom. The summed E-state index contributed by atoms with van der Waals surface area (Å²) in [7, 11) is -3.55. The summed E-state index contributed by atoms with van der Waals surface area (Å²) in [5.41, 5.74) is 0.926. The lowest BCUT2D eigenvalue weighted by atomic mass is 9.76. The van der Waals surface area contributed by atoms with Gasteiger partial charge in [-0.25, -0.2) is 4.83 Å². The van der Waals surface area contributed by atoms with Crippen LogP contribution in [0, 0.1) is 5.41 Å². The predicted octanol–water partition coefficient (Wildman–Crippen LogP) is 2.92. The van der Waals surface area contributed by atoms with Crippen LogP contribution < -0.4 is 4.83 Å². The van der Waals surface area contributed by atoms with Gasteiger partial charge in [0.05, 0.1) is 4.90 Å². The van der Waals surface area contributed by atoms with E-state index in [4.69, 9.17) is 0 Å². The first-order valence-electron chi connectivity index (χ1n) is 6.56. The third-order valence-corrected chi connectivity index (χ3v) is 4.83. The summed E-state index contributed by atoms with van der Waals surface area (Å²) in [6.45, 7) is 4.23. The molecule has 0 unspecified atom stereocenters. The SMILES string of the molecule is CC1(C)CCCC/C1=N\NS(=O)(=O)c1ccccc1. The van der Waals surface area contributed by atoms with E-state index in [0.29, 0.717) is 0 Å². The minimum Gasteiger partial charge on any atom is -0.200 e.